The molecule has 21 heavy (non-hydrogen) atoms. The number of carbonyl (C=O) groups is 1. The first-order valence-electron chi connectivity index (χ1n) is 7.07. The number of piperidine rings is 1. The maximum atomic E-state index is 12.5. The Morgan fingerprint density at radius 2 is 1.86 bits per heavy atom. The van der Waals surface area contributed by atoms with Gasteiger partial charge in [0.1, 0.15) is 0 Å². The van der Waals surface area contributed by atoms with Crippen LogP contribution in [0.2, 0.25) is 10.0 Å². The zero-order valence-corrected chi connectivity index (χ0v) is 14.4. The molecule has 0 saturated carbocycles. The van der Waals surface area contributed by atoms with Crippen LogP contribution in [0.15, 0.2) is 18.2 Å². The van der Waals surface area contributed by atoms with E-state index < -0.39 is 0 Å². The van der Waals surface area contributed by atoms with Crippen molar-refractivity contribution in [2.45, 2.75) is 19.8 Å². The molecule has 0 aliphatic carbocycles. The van der Waals surface area contributed by atoms with Gasteiger partial charge in [0.25, 0.3) is 5.91 Å². The molecule has 6 heteroatoms. The standard InChI is InChI=1S/C15H20Cl2N2O.ClH/c1-2-18-10-11-6-8-19(9-7-11)15(20)14-12(16)4-3-5-13(14)17;/h3-5,11,18H,2,6-10H2,1H3;1H. The summed E-state index contributed by atoms with van der Waals surface area (Å²) in [6.45, 7) is 5.69. The zero-order chi connectivity index (χ0) is 14.5. The van der Waals surface area contributed by atoms with Crippen LogP contribution in [0, 0.1) is 5.92 Å². The van der Waals surface area contributed by atoms with Crippen LogP contribution in [-0.4, -0.2) is 37.0 Å². The summed E-state index contributed by atoms with van der Waals surface area (Å²) >= 11 is 12.2. The Labute approximate surface area is 142 Å². The average molecular weight is 352 g/mol. The van der Waals surface area contributed by atoms with Crippen LogP contribution in [0.3, 0.4) is 0 Å². The molecule has 1 aliphatic heterocycles. The van der Waals surface area contributed by atoms with E-state index in [9.17, 15) is 4.79 Å². The second kappa shape index (κ2) is 8.84. The van der Waals surface area contributed by atoms with E-state index in [1.165, 1.54) is 0 Å². The molecule has 1 saturated heterocycles. The summed E-state index contributed by atoms with van der Waals surface area (Å²) < 4.78 is 0. The van der Waals surface area contributed by atoms with Crippen molar-refractivity contribution in [1.29, 1.82) is 0 Å². The average Bonchev–Trinajstić information content (AvgIpc) is 2.45. The van der Waals surface area contributed by atoms with Gasteiger partial charge in [-0.3, -0.25) is 4.79 Å². The minimum absolute atomic E-state index is 0. The zero-order valence-electron chi connectivity index (χ0n) is 12.1. The first-order valence-corrected chi connectivity index (χ1v) is 7.83. The second-order valence-corrected chi connectivity index (χ2v) is 5.95. The molecule has 1 aliphatic rings. The summed E-state index contributed by atoms with van der Waals surface area (Å²) in [6, 6.07) is 5.17. The van der Waals surface area contributed by atoms with Crippen molar-refractivity contribution in [1.82, 2.24) is 10.2 Å². The number of hydrogen-bond acceptors (Lipinski definition) is 2. The van der Waals surface area contributed by atoms with E-state index in [1.54, 1.807) is 18.2 Å². The summed E-state index contributed by atoms with van der Waals surface area (Å²) in [5.74, 6) is 0.600. The third-order valence-electron chi connectivity index (χ3n) is 3.76. The number of nitrogens with zero attached hydrogens (tertiary/aromatic N) is 1. The Morgan fingerprint density at radius 3 is 2.38 bits per heavy atom. The molecule has 3 nitrogen and oxygen atoms in total. The van der Waals surface area contributed by atoms with Crippen molar-refractivity contribution in [3.63, 3.8) is 0 Å². The lowest BCUT2D eigenvalue weighted by molar-refractivity contribution is 0.0690. The maximum absolute atomic E-state index is 12.5. The van der Waals surface area contributed by atoms with Gasteiger partial charge in [-0.2, -0.15) is 0 Å². The Bertz CT molecular complexity index is 454. The fourth-order valence-electron chi connectivity index (χ4n) is 2.55. The van der Waals surface area contributed by atoms with Crippen LogP contribution in [-0.2, 0) is 0 Å². The first kappa shape index (κ1) is 18.6. The number of hydrogen-bond donors (Lipinski definition) is 1. The van der Waals surface area contributed by atoms with Crippen molar-refractivity contribution >= 4 is 41.5 Å². The molecule has 118 valence electrons. The molecular formula is C15H21Cl3N2O. The summed E-state index contributed by atoms with van der Waals surface area (Å²) in [4.78, 5) is 14.4. The topological polar surface area (TPSA) is 32.3 Å². The number of nitrogens with one attached hydrogen (secondary N) is 1. The highest BCUT2D eigenvalue weighted by molar-refractivity contribution is 6.39. The van der Waals surface area contributed by atoms with Crippen molar-refractivity contribution in [3.05, 3.63) is 33.8 Å². The smallest absolute Gasteiger partial charge is 0.256 e. The predicted molar refractivity (Wildman–Crippen MR) is 90.9 cm³/mol. The van der Waals surface area contributed by atoms with E-state index in [4.69, 9.17) is 23.2 Å². The van der Waals surface area contributed by atoms with Crippen LogP contribution in [0.5, 0.6) is 0 Å². The van der Waals surface area contributed by atoms with Gasteiger partial charge in [-0.25, -0.2) is 0 Å². The summed E-state index contributed by atoms with van der Waals surface area (Å²) in [5.41, 5.74) is 0.431. The van der Waals surface area contributed by atoms with Crippen molar-refractivity contribution in [2.24, 2.45) is 5.92 Å². The summed E-state index contributed by atoms with van der Waals surface area (Å²) in [5, 5.41) is 4.22. The van der Waals surface area contributed by atoms with Gasteiger partial charge >= 0.3 is 0 Å². The number of likely N-dealkylation sites (tertiary alicyclic amines) is 1. The van der Waals surface area contributed by atoms with Crippen LogP contribution in [0.1, 0.15) is 30.1 Å². The molecule has 1 aromatic rings. The first-order chi connectivity index (χ1) is 9.63. The Hall–Kier alpha value is -0.480. The molecule has 1 amide bonds. The fourth-order valence-corrected chi connectivity index (χ4v) is 3.11. The number of amides is 1. The molecule has 0 radical (unpaired) electrons. The van der Waals surface area contributed by atoms with Gasteiger partial charge in [0.05, 0.1) is 15.6 Å². The fraction of sp³-hybridized carbons (Fsp3) is 0.533. The van der Waals surface area contributed by atoms with Crippen LogP contribution >= 0.6 is 35.6 Å². The molecule has 2 rings (SSSR count). The monoisotopic (exact) mass is 350 g/mol. The van der Waals surface area contributed by atoms with Crippen LogP contribution < -0.4 is 5.32 Å². The Balaban J connectivity index is 0.00000220. The van der Waals surface area contributed by atoms with E-state index >= 15 is 0 Å². The SMILES string of the molecule is CCNCC1CCN(C(=O)c2c(Cl)cccc2Cl)CC1.Cl. The number of benzene rings is 1. The van der Waals surface area contributed by atoms with Crippen molar-refractivity contribution in [3.8, 4) is 0 Å². The van der Waals surface area contributed by atoms with Gasteiger partial charge in [0.2, 0.25) is 0 Å². The van der Waals surface area contributed by atoms with Gasteiger partial charge in [-0.15, -0.1) is 12.4 Å². The van der Waals surface area contributed by atoms with Crippen LogP contribution in [0.4, 0.5) is 0 Å². The predicted octanol–water partition coefficient (Wildman–Crippen LogP) is 3.88. The van der Waals surface area contributed by atoms with Gasteiger partial charge in [0.15, 0.2) is 0 Å². The van der Waals surface area contributed by atoms with Crippen molar-refractivity contribution in [2.75, 3.05) is 26.2 Å². The molecular weight excluding hydrogens is 331 g/mol. The molecule has 0 atom stereocenters. The molecule has 1 fully saturated rings. The van der Waals surface area contributed by atoms with Crippen LogP contribution in [0.25, 0.3) is 0 Å². The highest BCUT2D eigenvalue weighted by atomic mass is 35.5. The van der Waals surface area contributed by atoms with Gasteiger partial charge in [-0.1, -0.05) is 36.2 Å². The molecule has 1 heterocycles. The number of halogens is 3. The lowest BCUT2D eigenvalue weighted by atomic mass is 9.96. The second-order valence-electron chi connectivity index (χ2n) is 5.14. The number of rotatable bonds is 4. The van der Waals surface area contributed by atoms with Crippen molar-refractivity contribution < 1.29 is 4.79 Å². The van der Waals surface area contributed by atoms with E-state index in [0.29, 0.717) is 21.5 Å². The normalized spacial score (nSPS) is 15.7. The third-order valence-corrected chi connectivity index (χ3v) is 4.39. The Kier molecular flexibility index (Phi) is 7.82. The molecule has 0 spiro atoms. The highest BCUT2D eigenvalue weighted by Crippen LogP contribution is 2.27. The van der Waals surface area contributed by atoms with E-state index in [0.717, 1.165) is 39.0 Å². The lowest BCUT2D eigenvalue weighted by Crippen LogP contribution is -2.41. The summed E-state index contributed by atoms with van der Waals surface area (Å²) in [7, 11) is 0. The molecule has 0 unspecified atom stereocenters. The highest BCUT2D eigenvalue weighted by Gasteiger charge is 2.25. The molecule has 1 N–H and O–H groups in total. The van der Waals surface area contributed by atoms with Gasteiger partial charge < -0.3 is 10.2 Å². The van der Waals surface area contributed by atoms with E-state index in [2.05, 4.69) is 12.2 Å². The minimum Gasteiger partial charge on any atom is -0.339 e. The lowest BCUT2D eigenvalue weighted by Gasteiger charge is -2.32. The quantitative estimate of drug-likeness (QED) is 0.893. The Morgan fingerprint density at radius 1 is 1.29 bits per heavy atom. The van der Waals surface area contributed by atoms with Gasteiger partial charge in [-0.05, 0) is 44.0 Å². The van der Waals surface area contributed by atoms with Gasteiger partial charge in [0, 0.05) is 13.1 Å². The minimum atomic E-state index is -0.0532. The number of carbonyl (C=O) groups excluding carboxylic acids is 1. The third kappa shape index (κ3) is 4.75. The molecule has 0 bridgehead atoms. The molecule has 0 aromatic heterocycles. The molecule has 1 aromatic carbocycles. The maximum Gasteiger partial charge on any atom is 0.256 e. The summed E-state index contributed by atoms with van der Waals surface area (Å²) in [6.07, 6.45) is 2.06. The van der Waals surface area contributed by atoms with E-state index in [-0.39, 0.29) is 18.3 Å². The van der Waals surface area contributed by atoms with E-state index in [1.807, 2.05) is 4.90 Å². The largest absolute Gasteiger partial charge is 0.339 e.